The monoisotopic (exact) mass is 710 g/mol. The van der Waals surface area contributed by atoms with E-state index in [4.69, 9.17) is 24.4 Å². The Morgan fingerprint density at radius 3 is 1.57 bits per heavy atom. The van der Waals surface area contributed by atoms with Crippen LogP contribution in [0, 0.1) is 0 Å². The standard InChI is InChI=1S/C39H67O9P/c1-2-3-4-5-6-7-8-14-17-20-23-26-29-32-38(41)46-35-37(36-47-49(43,44)45)48-39(42)33-30-27-24-21-18-15-12-10-9-11-13-16-19-22-25-28-31-34-40/h7-9,11-12,15-16,19,21,24,37,40H,2-6,10,13-14,17-18,20,22-23,25-36H2,1H3,(H2,43,44,45)/b8-7-,11-9-,15-12-,19-16-,24-21-/t37-/m1/s1. The van der Waals surface area contributed by atoms with Crippen molar-refractivity contribution in [3.8, 4) is 0 Å². The highest BCUT2D eigenvalue weighted by Gasteiger charge is 2.22. The lowest BCUT2D eigenvalue weighted by Gasteiger charge is -2.18. The van der Waals surface area contributed by atoms with E-state index in [2.05, 4.69) is 60.1 Å². The molecule has 0 bridgehead atoms. The van der Waals surface area contributed by atoms with Gasteiger partial charge in [-0.15, -0.1) is 0 Å². The number of unbranched alkanes of at least 4 members (excludes halogenated alkanes) is 13. The first-order chi connectivity index (χ1) is 23.8. The third kappa shape index (κ3) is 38.4. The SMILES string of the molecule is CCCCCC/C=C\CCCCCCCC(=O)OC[C@H](COP(=O)(O)O)OC(=O)CCC/C=C\C/C=C\C/C=C\C/C=C\CCCCCO. The van der Waals surface area contributed by atoms with Crippen molar-refractivity contribution in [2.45, 2.75) is 154 Å². The molecule has 0 unspecified atom stereocenters. The zero-order valence-corrected chi connectivity index (χ0v) is 31.2. The summed E-state index contributed by atoms with van der Waals surface area (Å²) in [6, 6.07) is 0. The maximum absolute atomic E-state index is 12.3. The van der Waals surface area contributed by atoms with E-state index in [0.29, 0.717) is 19.3 Å². The van der Waals surface area contributed by atoms with Crippen molar-refractivity contribution in [1.29, 1.82) is 0 Å². The van der Waals surface area contributed by atoms with Gasteiger partial charge in [0.25, 0.3) is 0 Å². The first kappa shape index (κ1) is 46.7. The van der Waals surface area contributed by atoms with Crippen molar-refractivity contribution in [1.82, 2.24) is 0 Å². The summed E-state index contributed by atoms with van der Waals surface area (Å²) in [5.41, 5.74) is 0. The minimum absolute atomic E-state index is 0.122. The lowest BCUT2D eigenvalue weighted by molar-refractivity contribution is -0.161. The van der Waals surface area contributed by atoms with E-state index in [9.17, 15) is 14.2 Å². The smallest absolute Gasteiger partial charge is 0.462 e. The van der Waals surface area contributed by atoms with Crippen LogP contribution in [-0.2, 0) is 28.2 Å². The van der Waals surface area contributed by atoms with Gasteiger partial charge in [0.05, 0.1) is 6.61 Å². The maximum atomic E-state index is 12.3. The number of hydrogen-bond acceptors (Lipinski definition) is 7. The van der Waals surface area contributed by atoms with Crippen LogP contribution in [0.15, 0.2) is 60.8 Å². The first-order valence-electron chi connectivity index (χ1n) is 18.7. The van der Waals surface area contributed by atoms with E-state index < -0.39 is 32.5 Å². The molecule has 0 aromatic carbocycles. The zero-order valence-electron chi connectivity index (χ0n) is 30.3. The van der Waals surface area contributed by atoms with Crippen molar-refractivity contribution < 1.29 is 43.0 Å². The van der Waals surface area contributed by atoms with Gasteiger partial charge in [0.15, 0.2) is 6.10 Å². The van der Waals surface area contributed by atoms with E-state index in [1.54, 1.807) is 0 Å². The van der Waals surface area contributed by atoms with Crippen LogP contribution in [0.5, 0.6) is 0 Å². The highest BCUT2D eigenvalue weighted by molar-refractivity contribution is 7.46. The number of esters is 2. The number of hydrogen-bond donors (Lipinski definition) is 3. The number of allylic oxidation sites excluding steroid dienone is 10. The van der Waals surface area contributed by atoms with Crippen molar-refractivity contribution in [2.24, 2.45) is 0 Å². The summed E-state index contributed by atoms with van der Waals surface area (Å²) in [7, 11) is -4.77. The molecule has 0 aliphatic carbocycles. The lowest BCUT2D eigenvalue weighted by Crippen LogP contribution is -2.29. The number of carbonyl (C=O) groups excluding carboxylic acids is 2. The van der Waals surface area contributed by atoms with Gasteiger partial charge < -0.3 is 24.4 Å². The number of ether oxygens (including phenoxy) is 2. The predicted molar refractivity (Wildman–Crippen MR) is 199 cm³/mol. The molecule has 0 rings (SSSR count). The van der Waals surface area contributed by atoms with Gasteiger partial charge in [-0.2, -0.15) is 0 Å². The van der Waals surface area contributed by atoms with E-state index >= 15 is 0 Å². The Bertz CT molecular complexity index is 981. The summed E-state index contributed by atoms with van der Waals surface area (Å²) in [5.74, 6) is -0.981. The van der Waals surface area contributed by atoms with Crippen LogP contribution in [0.25, 0.3) is 0 Å². The summed E-state index contributed by atoms with van der Waals surface area (Å²) in [4.78, 5) is 42.6. The molecule has 9 nitrogen and oxygen atoms in total. The molecular weight excluding hydrogens is 643 g/mol. The van der Waals surface area contributed by atoms with Crippen LogP contribution >= 0.6 is 7.82 Å². The second-order valence-electron chi connectivity index (χ2n) is 12.3. The number of phosphoric acid groups is 1. The molecule has 1 atom stereocenters. The molecule has 0 fully saturated rings. The summed E-state index contributed by atoms with van der Waals surface area (Å²) in [5, 5.41) is 8.76. The third-order valence-corrected chi connectivity index (χ3v) is 8.05. The normalized spacial score (nSPS) is 13.1. The van der Waals surface area contributed by atoms with E-state index in [-0.39, 0.29) is 26.1 Å². The topological polar surface area (TPSA) is 140 Å². The average molecular weight is 711 g/mol. The molecule has 3 N–H and O–H groups in total. The Balaban J connectivity index is 4.10. The molecule has 282 valence electrons. The van der Waals surface area contributed by atoms with Crippen molar-refractivity contribution in [3.63, 3.8) is 0 Å². The number of carbonyl (C=O) groups is 2. The fraction of sp³-hybridized carbons (Fsp3) is 0.692. The Labute approximate surface area is 297 Å². The van der Waals surface area contributed by atoms with Crippen molar-refractivity contribution in [2.75, 3.05) is 19.8 Å². The van der Waals surface area contributed by atoms with Gasteiger partial charge in [-0.05, 0) is 83.5 Å². The highest BCUT2D eigenvalue weighted by Crippen LogP contribution is 2.35. The minimum atomic E-state index is -4.77. The predicted octanol–water partition coefficient (Wildman–Crippen LogP) is 9.93. The molecule has 0 radical (unpaired) electrons. The molecule has 0 aromatic heterocycles. The van der Waals surface area contributed by atoms with Gasteiger partial charge in [0.1, 0.15) is 6.61 Å². The van der Waals surface area contributed by atoms with Crippen LogP contribution in [0.3, 0.4) is 0 Å². The average Bonchev–Trinajstić information content (AvgIpc) is 3.07. The molecule has 0 spiro atoms. The molecule has 0 aliphatic heterocycles. The van der Waals surface area contributed by atoms with Crippen LogP contribution in [0.4, 0.5) is 0 Å². The molecule has 0 heterocycles. The fourth-order valence-corrected chi connectivity index (χ4v) is 5.11. The Kier molecular flexibility index (Phi) is 33.9. The van der Waals surface area contributed by atoms with Crippen LogP contribution < -0.4 is 0 Å². The van der Waals surface area contributed by atoms with Crippen molar-refractivity contribution >= 4 is 19.8 Å². The van der Waals surface area contributed by atoms with Gasteiger partial charge in [-0.3, -0.25) is 14.1 Å². The zero-order chi connectivity index (χ0) is 36.1. The van der Waals surface area contributed by atoms with E-state index in [1.807, 2.05) is 12.2 Å². The van der Waals surface area contributed by atoms with Crippen LogP contribution in [0.1, 0.15) is 148 Å². The van der Waals surface area contributed by atoms with Gasteiger partial charge in [0.2, 0.25) is 0 Å². The molecule has 49 heavy (non-hydrogen) atoms. The summed E-state index contributed by atoms with van der Waals surface area (Å²) in [6.45, 7) is 1.61. The largest absolute Gasteiger partial charge is 0.469 e. The second-order valence-corrected chi connectivity index (χ2v) is 13.5. The third-order valence-electron chi connectivity index (χ3n) is 7.56. The Morgan fingerprint density at radius 1 is 0.571 bits per heavy atom. The molecule has 0 amide bonds. The van der Waals surface area contributed by atoms with Gasteiger partial charge in [-0.1, -0.05) is 113 Å². The molecule has 0 aliphatic rings. The van der Waals surface area contributed by atoms with E-state index in [0.717, 1.165) is 83.5 Å². The molecule has 0 aromatic rings. The molecule has 0 saturated heterocycles. The van der Waals surface area contributed by atoms with Crippen LogP contribution in [-0.4, -0.2) is 52.8 Å². The first-order valence-corrected chi connectivity index (χ1v) is 20.2. The summed E-state index contributed by atoms with van der Waals surface area (Å²) < 4.78 is 26.2. The highest BCUT2D eigenvalue weighted by atomic mass is 31.2. The number of aliphatic hydroxyl groups is 1. The van der Waals surface area contributed by atoms with Gasteiger partial charge in [-0.25, -0.2) is 4.57 Å². The van der Waals surface area contributed by atoms with Gasteiger partial charge in [0, 0.05) is 19.4 Å². The number of rotatable bonds is 34. The summed E-state index contributed by atoms with van der Waals surface area (Å²) in [6.07, 6.45) is 41.0. The van der Waals surface area contributed by atoms with Crippen molar-refractivity contribution in [3.05, 3.63) is 60.8 Å². The second kappa shape index (κ2) is 35.5. The molecule has 0 saturated carbocycles. The summed E-state index contributed by atoms with van der Waals surface area (Å²) >= 11 is 0. The van der Waals surface area contributed by atoms with Gasteiger partial charge >= 0.3 is 19.8 Å². The number of aliphatic hydroxyl groups excluding tert-OH is 1. The molecule has 10 heteroatoms. The Morgan fingerprint density at radius 2 is 1.02 bits per heavy atom. The van der Waals surface area contributed by atoms with E-state index in [1.165, 1.54) is 25.7 Å². The Hall–Kier alpha value is -2.29. The quantitative estimate of drug-likeness (QED) is 0.0258. The van der Waals surface area contributed by atoms with Crippen LogP contribution in [0.2, 0.25) is 0 Å². The fourth-order valence-electron chi connectivity index (χ4n) is 4.75. The number of phosphoric ester groups is 1. The minimum Gasteiger partial charge on any atom is -0.462 e. The lowest BCUT2D eigenvalue weighted by atomic mass is 10.1. The maximum Gasteiger partial charge on any atom is 0.469 e. The molecular formula is C39H67O9P.